The summed E-state index contributed by atoms with van der Waals surface area (Å²) in [5.41, 5.74) is 1.64. The molecule has 1 atom stereocenters. The lowest BCUT2D eigenvalue weighted by Gasteiger charge is -2.37. The van der Waals surface area contributed by atoms with Gasteiger partial charge in [0.25, 0.3) is 0 Å². The Morgan fingerprint density at radius 2 is 2.04 bits per heavy atom. The number of piperidine rings is 1. The van der Waals surface area contributed by atoms with E-state index in [1.54, 1.807) is 0 Å². The summed E-state index contributed by atoms with van der Waals surface area (Å²) in [7, 11) is 2.22. The maximum Gasteiger partial charge on any atom is 0.240 e. The second-order valence-corrected chi connectivity index (χ2v) is 8.45. The van der Waals surface area contributed by atoms with Crippen LogP contribution in [0, 0.1) is 5.41 Å². The molecule has 0 N–H and O–H groups in total. The number of fused-ring (bicyclic) bond motifs is 1. The lowest BCUT2D eigenvalue weighted by molar-refractivity contribution is -0.137. The number of nitrogens with zero attached hydrogens (tertiary/aromatic N) is 4. The molecular weight excluding hydrogens is 312 g/mol. The van der Waals surface area contributed by atoms with Crippen LogP contribution in [0.4, 0.5) is 0 Å². The smallest absolute Gasteiger partial charge is 0.240 e. The minimum Gasteiger partial charge on any atom is -0.348 e. The van der Waals surface area contributed by atoms with Crippen molar-refractivity contribution >= 4 is 5.91 Å². The van der Waals surface area contributed by atoms with E-state index in [1.165, 1.54) is 31.6 Å². The van der Waals surface area contributed by atoms with E-state index in [0.29, 0.717) is 11.3 Å². The maximum atomic E-state index is 13.4. The van der Waals surface area contributed by atoms with E-state index in [4.69, 9.17) is 0 Å². The van der Waals surface area contributed by atoms with Crippen LogP contribution in [-0.4, -0.2) is 71.0 Å². The fourth-order valence-corrected chi connectivity index (χ4v) is 5.08. The molecule has 1 amide bonds. The van der Waals surface area contributed by atoms with E-state index in [-0.39, 0.29) is 6.04 Å². The minimum absolute atomic E-state index is 0.102. The summed E-state index contributed by atoms with van der Waals surface area (Å²) in [4.78, 5) is 20.4. The fraction of sp³-hybridized carbons (Fsp3) is 0.750. The SMILES string of the molecule is CCCN1CC2(CCN(C)CC2)C[C@H]1C(=O)N1CCn2cccc2C1. The number of carbonyl (C=O) groups excluding carboxylic acids is 1. The quantitative estimate of drug-likeness (QED) is 0.841. The predicted octanol–water partition coefficient (Wildman–Crippen LogP) is 2.03. The lowest BCUT2D eigenvalue weighted by Crippen LogP contribution is -2.48. The largest absolute Gasteiger partial charge is 0.348 e. The van der Waals surface area contributed by atoms with Gasteiger partial charge in [0, 0.05) is 31.5 Å². The van der Waals surface area contributed by atoms with Crippen molar-refractivity contribution in [2.45, 2.75) is 51.7 Å². The van der Waals surface area contributed by atoms with Gasteiger partial charge in [0.1, 0.15) is 0 Å². The Labute approximate surface area is 151 Å². The molecule has 3 aliphatic heterocycles. The van der Waals surface area contributed by atoms with Gasteiger partial charge >= 0.3 is 0 Å². The average Bonchev–Trinajstić information content (AvgIpc) is 3.22. The third-order valence-electron chi connectivity index (χ3n) is 6.65. The molecular formula is C20H32N4O. The Bertz CT molecular complexity index is 617. The van der Waals surface area contributed by atoms with E-state index >= 15 is 0 Å². The molecule has 1 aromatic rings. The summed E-state index contributed by atoms with van der Waals surface area (Å²) in [6.07, 6.45) is 6.82. The molecule has 1 aromatic heterocycles. The first-order chi connectivity index (χ1) is 12.1. The molecule has 2 saturated heterocycles. The molecule has 0 bridgehead atoms. The standard InChI is InChI=1S/C20H32N4O/c1-3-8-24-16-20(6-10-21(2)11-7-20)14-18(24)19(25)23-13-12-22-9-4-5-17(22)15-23/h4-5,9,18H,3,6-8,10-16H2,1-2H3/t18-/m0/s1. The molecule has 2 fully saturated rings. The second-order valence-electron chi connectivity index (χ2n) is 8.45. The number of aromatic nitrogens is 1. The van der Waals surface area contributed by atoms with Crippen molar-refractivity contribution in [2.24, 2.45) is 5.41 Å². The molecule has 3 aliphatic rings. The summed E-state index contributed by atoms with van der Waals surface area (Å²) >= 11 is 0. The monoisotopic (exact) mass is 344 g/mol. The van der Waals surface area contributed by atoms with Crippen LogP contribution in [-0.2, 0) is 17.9 Å². The van der Waals surface area contributed by atoms with Gasteiger partial charge in [-0.25, -0.2) is 0 Å². The number of hydrogen-bond acceptors (Lipinski definition) is 3. The normalized spacial score (nSPS) is 27.0. The zero-order valence-electron chi connectivity index (χ0n) is 15.8. The summed E-state index contributed by atoms with van der Waals surface area (Å²) in [5, 5.41) is 0. The van der Waals surface area contributed by atoms with E-state index < -0.39 is 0 Å². The van der Waals surface area contributed by atoms with Crippen LogP contribution in [0.1, 0.15) is 38.3 Å². The number of likely N-dealkylation sites (tertiary alicyclic amines) is 2. The molecule has 4 heterocycles. The van der Waals surface area contributed by atoms with Crippen molar-refractivity contribution < 1.29 is 4.79 Å². The van der Waals surface area contributed by atoms with Crippen LogP contribution < -0.4 is 0 Å². The Kier molecular flexibility index (Phi) is 4.63. The highest BCUT2D eigenvalue weighted by Crippen LogP contribution is 2.43. The number of hydrogen-bond donors (Lipinski definition) is 0. The first-order valence-electron chi connectivity index (χ1n) is 9.96. The van der Waals surface area contributed by atoms with Gasteiger partial charge in [-0.15, -0.1) is 0 Å². The van der Waals surface area contributed by atoms with Crippen molar-refractivity contribution in [2.75, 3.05) is 39.8 Å². The molecule has 138 valence electrons. The summed E-state index contributed by atoms with van der Waals surface area (Å²) in [6.45, 7) is 9.33. The molecule has 0 unspecified atom stereocenters. The van der Waals surface area contributed by atoms with Gasteiger partial charge in [-0.05, 0) is 69.9 Å². The minimum atomic E-state index is 0.102. The van der Waals surface area contributed by atoms with Crippen LogP contribution in [0.2, 0.25) is 0 Å². The Morgan fingerprint density at radius 1 is 1.24 bits per heavy atom. The van der Waals surface area contributed by atoms with Crippen molar-refractivity contribution in [3.63, 3.8) is 0 Å². The zero-order chi connectivity index (χ0) is 17.4. The van der Waals surface area contributed by atoms with Crippen molar-refractivity contribution in [1.82, 2.24) is 19.3 Å². The van der Waals surface area contributed by atoms with Crippen LogP contribution >= 0.6 is 0 Å². The fourth-order valence-electron chi connectivity index (χ4n) is 5.08. The van der Waals surface area contributed by atoms with E-state index in [0.717, 1.165) is 45.6 Å². The van der Waals surface area contributed by atoms with E-state index in [2.05, 4.69) is 51.6 Å². The molecule has 25 heavy (non-hydrogen) atoms. The highest BCUT2D eigenvalue weighted by atomic mass is 16.2. The van der Waals surface area contributed by atoms with Crippen molar-refractivity contribution in [3.8, 4) is 0 Å². The van der Waals surface area contributed by atoms with Gasteiger partial charge in [-0.3, -0.25) is 9.69 Å². The molecule has 5 nitrogen and oxygen atoms in total. The molecule has 0 aliphatic carbocycles. The van der Waals surface area contributed by atoms with Gasteiger partial charge in [-0.2, -0.15) is 0 Å². The number of carbonyl (C=O) groups is 1. The summed E-state index contributed by atoms with van der Waals surface area (Å²) in [5.74, 6) is 0.372. The predicted molar refractivity (Wildman–Crippen MR) is 99.3 cm³/mol. The Morgan fingerprint density at radius 3 is 2.80 bits per heavy atom. The van der Waals surface area contributed by atoms with E-state index in [9.17, 15) is 4.79 Å². The van der Waals surface area contributed by atoms with Gasteiger partial charge in [0.05, 0.1) is 12.6 Å². The average molecular weight is 345 g/mol. The first kappa shape index (κ1) is 17.1. The zero-order valence-corrected chi connectivity index (χ0v) is 15.8. The van der Waals surface area contributed by atoms with Crippen molar-refractivity contribution in [3.05, 3.63) is 24.0 Å². The molecule has 5 heteroatoms. The number of rotatable bonds is 3. The molecule has 0 saturated carbocycles. The van der Waals surface area contributed by atoms with Gasteiger partial charge in [0.2, 0.25) is 5.91 Å². The van der Waals surface area contributed by atoms with Gasteiger partial charge < -0.3 is 14.4 Å². The second kappa shape index (κ2) is 6.76. The molecule has 0 radical (unpaired) electrons. The molecule has 0 aromatic carbocycles. The van der Waals surface area contributed by atoms with E-state index in [1.807, 2.05) is 0 Å². The van der Waals surface area contributed by atoms with Crippen LogP contribution in [0.5, 0.6) is 0 Å². The van der Waals surface area contributed by atoms with Crippen LogP contribution in [0.3, 0.4) is 0 Å². The van der Waals surface area contributed by atoms with Gasteiger partial charge in [0.15, 0.2) is 0 Å². The summed E-state index contributed by atoms with van der Waals surface area (Å²) in [6, 6.07) is 4.34. The third kappa shape index (κ3) is 3.24. The molecule has 4 rings (SSSR count). The van der Waals surface area contributed by atoms with Crippen LogP contribution in [0.25, 0.3) is 0 Å². The molecule has 1 spiro atoms. The Hall–Kier alpha value is -1.33. The van der Waals surface area contributed by atoms with Gasteiger partial charge in [-0.1, -0.05) is 6.92 Å². The Balaban J connectivity index is 1.48. The topological polar surface area (TPSA) is 31.7 Å². The van der Waals surface area contributed by atoms with Crippen molar-refractivity contribution in [1.29, 1.82) is 0 Å². The number of amides is 1. The highest BCUT2D eigenvalue weighted by molar-refractivity contribution is 5.82. The third-order valence-corrected chi connectivity index (χ3v) is 6.65. The maximum absolute atomic E-state index is 13.4. The first-order valence-corrected chi connectivity index (χ1v) is 9.96. The van der Waals surface area contributed by atoms with Crippen LogP contribution in [0.15, 0.2) is 18.3 Å². The highest BCUT2D eigenvalue weighted by Gasteiger charge is 2.48. The lowest BCUT2D eigenvalue weighted by atomic mass is 9.76. The summed E-state index contributed by atoms with van der Waals surface area (Å²) < 4.78 is 2.28.